The number of likely N-dealkylation sites (tertiary alicyclic amines) is 1. The molecule has 188 valence electrons. The normalized spacial score (nSPS) is 17.9. The Hall–Kier alpha value is -2.35. The summed E-state index contributed by atoms with van der Waals surface area (Å²) in [5, 5.41) is 10.9. The highest BCUT2D eigenvalue weighted by atomic mass is 31.2. The van der Waals surface area contributed by atoms with Crippen molar-refractivity contribution in [2.75, 3.05) is 19.8 Å². The van der Waals surface area contributed by atoms with Crippen molar-refractivity contribution in [3.8, 4) is 0 Å². The van der Waals surface area contributed by atoms with E-state index in [4.69, 9.17) is 10.1 Å². The second-order valence-corrected chi connectivity index (χ2v) is 11.7. The van der Waals surface area contributed by atoms with Crippen LogP contribution in [0.25, 0.3) is 0 Å². The van der Waals surface area contributed by atoms with E-state index in [9.17, 15) is 24.2 Å². The predicted octanol–water partition coefficient (Wildman–Crippen LogP) is 2.37. The van der Waals surface area contributed by atoms with Crippen LogP contribution in [0.2, 0.25) is 0 Å². The summed E-state index contributed by atoms with van der Waals surface area (Å²) in [5.74, 6) is -1.93. The summed E-state index contributed by atoms with van der Waals surface area (Å²) < 4.78 is 4.80. The molecule has 1 heterocycles. The minimum atomic E-state index is -3.77. The fourth-order valence-electron chi connectivity index (χ4n) is 4.17. The summed E-state index contributed by atoms with van der Waals surface area (Å²) in [6.07, 6.45) is 1.36. The molecule has 9 nitrogen and oxygen atoms in total. The molecule has 0 aromatic heterocycles. The van der Waals surface area contributed by atoms with E-state index < -0.39 is 37.6 Å². The number of carbonyl (C=O) groups is 3. The van der Waals surface area contributed by atoms with Gasteiger partial charge in [0, 0.05) is 6.54 Å². The van der Waals surface area contributed by atoms with E-state index >= 15 is 0 Å². The van der Waals surface area contributed by atoms with Crippen LogP contribution >= 0.6 is 7.72 Å². The van der Waals surface area contributed by atoms with Crippen molar-refractivity contribution in [2.45, 2.75) is 58.5 Å². The van der Waals surface area contributed by atoms with Crippen molar-refractivity contribution in [2.24, 2.45) is 11.8 Å². The van der Waals surface area contributed by atoms with Gasteiger partial charge in [0.15, 0.2) is 0 Å². The first-order valence-corrected chi connectivity index (χ1v) is 13.5. The Morgan fingerprint density at radius 2 is 1.85 bits per heavy atom. The van der Waals surface area contributed by atoms with E-state index in [1.807, 2.05) is 32.0 Å². The topological polar surface area (TPSA) is 140 Å². The van der Waals surface area contributed by atoms with Gasteiger partial charge in [-0.15, -0.1) is 0 Å². The van der Waals surface area contributed by atoms with E-state index in [1.54, 1.807) is 19.1 Å². The molecule has 1 aliphatic rings. The van der Waals surface area contributed by atoms with Crippen molar-refractivity contribution in [1.82, 2.24) is 10.2 Å². The first kappa shape index (κ1) is 27.9. The fourth-order valence-corrected chi connectivity index (χ4v) is 5.74. The Morgan fingerprint density at radius 1 is 1.21 bits per heavy atom. The van der Waals surface area contributed by atoms with Crippen molar-refractivity contribution in [1.29, 1.82) is 5.41 Å². The average Bonchev–Trinajstić information content (AvgIpc) is 3.27. The molecule has 4 N–H and O–H groups in total. The second-order valence-electron chi connectivity index (χ2n) is 9.33. The third-order valence-corrected chi connectivity index (χ3v) is 8.02. The van der Waals surface area contributed by atoms with Gasteiger partial charge < -0.3 is 15.0 Å². The van der Waals surface area contributed by atoms with E-state index in [0.717, 1.165) is 5.56 Å². The van der Waals surface area contributed by atoms with Crippen LogP contribution in [0, 0.1) is 17.2 Å². The largest absolute Gasteiger partial charge is 0.467 e. The van der Waals surface area contributed by atoms with Gasteiger partial charge in [0.05, 0.1) is 19.4 Å². The van der Waals surface area contributed by atoms with Crippen LogP contribution in [0.3, 0.4) is 0 Å². The van der Waals surface area contributed by atoms with Crippen LogP contribution in [0.4, 0.5) is 0 Å². The standard InChI is InChI=1S/C24H36N3O6P/c1-16(2)13-19(24(30)33-4)26-22(28)20-11-8-12-27(20)23(29)17(3)15-34(31,32)21(25)14-18-9-6-5-7-10-18/h5-7,9-10,16-17,19-20,25,31-32H,8,11-15H2,1-4H3/p+1/t17?,19-,20-/m0/s1. The molecule has 1 fully saturated rings. The summed E-state index contributed by atoms with van der Waals surface area (Å²) in [5.41, 5.74) is 0.598. The predicted molar refractivity (Wildman–Crippen MR) is 131 cm³/mol. The molecule has 1 aromatic rings. The average molecular weight is 495 g/mol. The zero-order valence-electron chi connectivity index (χ0n) is 20.4. The van der Waals surface area contributed by atoms with Gasteiger partial charge in [-0.05, 0) is 37.7 Å². The van der Waals surface area contributed by atoms with Gasteiger partial charge in [0.1, 0.15) is 18.2 Å². The van der Waals surface area contributed by atoms with Crippen molar-refractivity contribution >= 4 is 31.0 Å². The fraction of sp³-hybridized carbons (Fsp3) is 0.583. The van der Waals surface area contributed by atoms with Crippen LogP contribution < -0.4 is 5.32 Å². The molecule has 0 spiro atoms. The minimum Gasteiger partial charge on any atom is -0.467 e. The molecule has 1 saturated heterocycles. The maximum absolute atomic E-state index is 13.2. The van der Waals surface area contributed by atoms with Gasteiger partial charge >= 0.3 is 13.7 Å². The molecule has 3 atom stereocenters. The van der Waals surface area contributed by atoms with Crippen LogP contribution in [-0.2, 0) is 25.5 Å². The van der Waals surface area contributed by atoms with Gasteiger partial charge in [-0.1, -0.05) is 44.2 Å². The third kappa shape index (κ3) is 7.58. The van der Waals surface area contributed by atoms with Gasteiger partial charge in [-0.2, -0.15) is 0 Å². The monoisotopic (exact) mass is 494 g/mol. The van der Waals surface area contributed by atoms with Gasteiger partial charge in [0.2, 0.25) is 17.3 Å². The number of amides is 2. The molecule has 34 heavy (non-hydrogen) atoms. The number of carbonyl (C=O) groups excluding carboxylic acids is 3. The molecule has 0 bridgehead atoms. The highest BCUT2D eigenvalue weighted by Gasteiger charge is 2.45. The summed E-state index contributed by atoms with van der Waals surface area (Å²) in [6, 6.07) is 7.55. The summed E-state index contributed by atoms with van der Waals surface area (Å²) in [4.78, 5) is 60.9. The smallest absolute Gasteiger partial charge is 0.328 e. The molecule has 2 amide bonds. The van der Waals surface area contributed by atoms with Gasteiger partial charge in [0.25, 0.3) is 0 Å². The molecule has 0 saturated carbocycles. The molecule has 1 aliphatic heterocycles. The number of rotatable bonds is 11. The van der Waals surface area contributed by atoms with Crippen LogP contribution in [0.1, 0.15) is 45.6 Å². The van der Waals surface area contributed by atoms with Gasteiger partial charge in [-0.25, -0.2) is 14.6 Å². The molecule has 2 rings (SSSR count). The van der Waals surface area contributed by atoms with Gasteiger partial charge in [-0.3, -0.25) is 15.0 Å². The van der Waals surface area contributed by atoms with Crippen LogP contribution in [-0.4, -0.2) is 69.8 Å². The lowest BCUT2D eigenvalue weighted by atomic mass is 10.0. The molecule has 1 unspecified atom stereocenters. The van der Waals surface area contributed by atoms with Crippen LogP contribution in [0.15, 0.2) is 30.3 Å². The maximum Gasteiger partial charge on any atom is 0.328 e. The molecule has 0 aliphatic carbocycles. The zero-order valence-corrected chi connectivity index (χ0v) is 21.3. The highest BCUT2D eigenvalue weighted by Crippen LogP contribution is 2.53. The second kappa shape index (κ2) is 12.4. The summed E-state index contributed by atoms with van der Waals surface area (Å²) in [6.45, 7) is 5.83. The first-order chi connectivity index (χ1) is 16.0. The Balaban J connectivity index is 2.03. The van der Waals surface area contributed by atoms with E-state index in [-0.39, 0.29) is 29.9 Å². The number of benzene rings is 1. The number of ether oxygens (including phenoxy) is 1. The SMILES string of the molecule is COC(=O)[C@H](CC(C)C)NC(=O)[C@@H]1CCCN1C(=O)C(C)C[P+](O)(O)C(=N)Cc1ccccc1. The highest BCUT2D eigenvalue weighted by molar-refractivity contribution is 7.81. The van der Waals surface area contributed by atoms with E-state index in [2.05, 4.69) is 5.32 Å². The number of methoxy groups -OCH3 is 1. The lowest BCUT2D eigenvalue weighted by Crippen LogP contribution is -2.52. The van der Waals surface area contributed by atoms with Crippen molar-refractivity contribution < 1.29 is 28.9 Å². The Morgan fingerprint density at radius 3 is 2.44 bits per heavy atom. The minimum absolute atomic E-state index is 0.0992. The molecule has 1 aromatic carbocycles. The number of hydrogen-bond donors (Lipinski definition) is 4. The molecular weight excluding hydrogens is 457 g/mol. The van der Waals surface area contributed by atoms with E-state index in [0.29, 0.717) is 25.8 Å². The number of esters is 1. The number of nitrogens with one attached hydrogen (secondary N) is 2. The number of nitrogens with zero attached hydrogens (tertiary/aromatic N) is 1. The molecule has 0 radical (unpaired) electrons. The Kier molecular flexibility index (Phi) is 10.2. The third-order valence-electron chi connectivity index (χ3n) is 5.94. The summed E-state index contributed by atoms with van der Waals surface area (Å²) in [7, 11) is -2.51. The molecule has 10 heteroatoms. The maximum atomic E-state index is 13.2. The van der Waals surface area contributed by atoms with Crippen LogP contribution in [0.5, 0.6) is 0 Å². The first-order valence-electron chi connectivity index (χ1n) is 11.6. The summed E-state index contributed by atoms with van der Waals surface area (Å²) >= 11 is 0. The lowest BCUT2D eigenvalue weighted by molar-refractivity contribution is -0.147. The quantitative estimate of drug-likeness (QED) is 0.212. The van der Waals surface area contributed by atoms with Crippen molar-refractivity contribution in [3.05, 3.63) is 35.9 Å². The zero-order chi connectivity index (χ0) is 25.5. The lowest BCUT2D eigenvalue weighted by Gasteiger charge is -2.28. The Labute approximate surface area is 201 Å². The Bertz CT molecular complexity index is 877. The molecular formula is C24H37N3O6P+. The number of hydrogen-bond acceptors (Lipinski definition) is 7. The van der Waals surface area contributed by atoms with Crippen molar-refractivity contribution in [3.63, 3.8) is 0 Å². The van der Waals surface area contributed by atoms with E-state index in [1.165, 1.54) is 12.0 Å².